The molecule has 3 N–H and O–H groups in total. The molecule has 0 spiro atoms. The van der Waals surface area contributed by atoms with Crippen LogP contribution in [-0.2, 0) is 0 Å². The molecule has 0 saturated heterocycles. The maximum atomic E-state index is 14.7. The molecule has 0 aliphatic heterocycles. The van der Waals surface area contributed by atoms with Crippen LogP contribution in [0.3, 0.4) is 0 Å². The number of hydrogen-bond donors (Lipinski definition) is 3. The van der Waals surface area contributed by atoms with Crippen molar-refractivity contribution in [3.63, 3.8) is 0 Å². The van der Waals surface area contributed by atoms with Crippen LogP contribution in [-0.4, -0.2) is 16.8 Å². The van der Waals surface area contributed by atoms with Crippen LogP contribution < -0.4 is 25.9 Å². The van der Waals surface area contributed by atoms with E-state index in [2.05, 4.69) is 19.9 Å². The van der Waals surface area contributed by atoms with Crippen LogP contribution in [0.15, 0.2) is 56.5 Å². The minimum Gasteiger partial charge on any atom is -0.420 e. The molecule has 1 saturated carbocycles. The van der Waals surface area contributed by atoms with E-state index in [1.165, 1.54) is 22.9 Å². The molecule has 1 fully saturated rings. The summed E-state index contributed by atoms with van der Waals surface area (Å²) >= 11 is 1.31. The summed E-state index contributed by atoms with van der Waals surface area (Å²) < 4.78 is 27.9. The number of nitrogens with zero attached hydrogens (tertiary/aromatic N) is 2. The van der Waals surface area contributed by atoms with Gasteiger partial charge in [0.15, 0.2) is 5.58 Å². The topological polar surface area (TPSA) is 101 Å². The molecule has 1 aliphatic rings. The van der Waals surface area contributed by atoms with Gasteiger partial charge in [-0.25, -0.2) is 18.6 Å². The first-order valence-electron chi connectivity index (χ1n) is 11.2. The summed E-state index contributed by atoms with van der Waals surface area (Å²) in [5.41, 5.74) is 2.24. The monoisotopic (exact) mass is 493 g/mol. The lowest BCUT2D eigenvalue weighted by molar-refractivity contribution is 0.543. The summed E-state index contributed by atoms with van der Waals surface area (Å²) in [6.07, 6.45) is 1.67. The van der Waals surface area contributed by atoms with E-state index in [-0.39, 0.29) is 39.5 Å². The number of hydrogen-bond acceptors (Lipinski definition) is 8. The minimum atomic E-state index is -0.626. The van der Waals surface area contributed by atoms with Crippen molar-refractivity contribution in [2.45, 2.75) is 32.7 Å². The quantitative estimate of drug-likeness (QED) is 0.308. The van der Waals surface area contributed by atoms with Crippen LogP contribution in [0.2, 0.25) is 0 Å². The van der Waals surface area contributed by atoms with Gasteiger partial charge >= 0.3 is 5.63 Å². The number of benzene rings is 2. The SMILES string of the molecule is CNSNc1cccc(-c2nn(C3CC3)c(=O)c3c(Nc4ccc(C)cc4F)c(C)c(=O)oc23)c1. The lowest BCUT2D eigenvalue weighted by atomic mass is 10.1. The third-order valence-electron chi connectivity index (χ3n) is 5.88. The van der Waals surface area contributed by atoms with Gasteiger partial charge in [0.25, 0.3) is 5.56 Å². The summed E-state index contributed by atoms with van der Waals surface area (Å²) in [5.74, 6) is -0.483. The van der Waals surface area contributed by atoms with Crippen LogP contribution >= 0.6 is 12.1 Å². The highest BCUT2D eigenvalue weighted by molar-refractivity contribution is 7.98. The zero-order valence-corrected chi connectivity index (χ0v) is 20.3. The van der Waals surface area contributed by atoms with Crippen LogP contribution in [0.25, 0.3) is 22.2 Å². The van der Waals surface area contributed by atoms with E-state index in [0.717, 1.165) is 24.1 Å². The van der Waals surface area contributed by atoms with Crippen molar-refractivity contribution >= 4 is 40.2 Å². The molecule has 180 valence electrons. The van der Waals surface area contributed by atoms with Crippen LogP contribution in [0.1, 0.15) is 30.0 Å². The van der Waals surface area contributed by atoms with Crippen molar-refractivity contribution in [2.24, 2.45) is 0 Å². The van der Waals surface area contributed by atoms with E-state index in [1.807, 2.05) is 24.3 Å². The van der Waals surface area contributed by atoms with E-state index in [1.54, 1.807) is 33.0 Å². The highest BCUT2D eigenvalue weighted by atomic mass is 32.2. The third-order valence-corrected chi connectivity index (χ3v) is 6.42. The molecule has 35 heavy (non-hydrogen) atoms. The summed E-state index contributed by atoms with van der Waals surface area (Å²) in [6, 6.07) is 12.1. The molecule has 2 aromatic carbocycles. The first-order valence-corrected chi connectivity index (χ1v) is 12.0. The molecule has 0 amide bonds. The number of rotatable bonds is 7. The van der Waals surface area contributed by atoms with E-state index >= 15 is 0 Å². The average Bonchev–Trinajstić information content (AvgIpc) is 3.68. The lowest BCUT2D eigenvalue weighted by Gasteiger charge is -2.16. The molecule has 8 nitrogen and oxygen atoms in total. The van der Waals surface area contributed by atoms with E-state index < -0.39 is 11.4 Å². The molecular formula is C25H24FN5O3S. The Balaban J connectivity index is 1.78. The summed E-state index contributed by atoms with van der Waals surface area (Å²) in [4.78, 5) is 26.5. The number of anilines is 3. The Bertz CT molecular complexity index is 1560. The maximum absolute atomic E-state index is 14.7. The Hall–Kier alpha value is -3.63. The molecule has 0 radical (unpaired) electrons. The Kier molecular flexibility index (Phi) is 6.08. The van der Waals surface area contributed by atoms with Gasteiger partial charge in [-0.05, 0) is 63.6 Å². The number of aryl methyl sites for hydroxylation is 1. The fraction of sp³-hybridized carbons (Fsp3) is 0.240. The van der Waals surface area contributed by atoms with Gasteiger partial charge in [0.1, 0.15) is 16.9 Å². The van der Waals surface area contributed by atoms with Gasteiger partial charge in [-0.3, -0.25) is 4.79 Å². The van der Waals surface area contributed by atoms with Crippen molar-refractivity contribution in [1.82, 2.24) is 14.5 Å². The van der Waals surface area contributed by atoms with Crippen LogP contribution in [0.4, 0.5) is 21.5 Å². The van der Waals surface area contributed by atoms with E-state index in [0.29, 0.717) is 11.3 Å². The van der Waals surface area contributed by atoms with Gasteiger partial charge in [0, 0.05) is 23.4 Å². The second-order valence-electron chi connectivity index (χ2n) is 8.52. The molecule has 5 rings (SSSR count). The second kappa shape index (κ2) is 9.20. The summed E-state index contributed by atoms with van der Waals surface area (Å²) in [6.45, 7) is 3.34. The molecule has 0 unspecified atom stereocenters. The fourth-order valence-electron chi connectivity index (χ4n) is 3.92. The van der Waals surface area contributed by atoms with Crippen LogP contribution in [0.5, 0.6) is 0 Å². The van der Waals surface area contributed by atoms with Gasteiger partial charge in [-0.2, -0.15) is 5.10 Å². The number of nitrogens with one attached hydrogen (secondary N) is 3. The lowest BCUT2D eigenvalue weighted by Crippen LogP contribution is -2.25. The van der Waals surface area contributed by atoms with Gasteiger partial charge in [-0.15, -0.1) is 0 Å². The fourth-order valence-corrected chi connectivity index (χ4v) is 4.26. The average molecular weight is 494 g/mol. The van der Waals surface area contributed by atoms with Crippen molar-refractivity contribution in [3.8, 4) is 11.3 Å². The largest absolute Gasteiger partial charge is 0.420 e. The molecule has 4 aromatic rings. The van der Waals surface area contributed by atoms with Crippen molar-refractivity contribution in [1.29, 1.82) is 0 Å². The van der Waals surface area contributed by atoms with Gasteiger partial charge < -0.3 is 14.5 Å². The first kappa shape index (κ1) is 23.1. The van der Waals surface area contributed by atoms with Crippen molar-refractivity contribution in [3.05, 3.63) is 80.2 Å². The van der Waals surface area contributed by atoms with Crippen LogP contribution in [0, 0.1) is 19.7 Å². The molecule has 0 bridgehead atoms. The zero-order valence-electron chi connectivity index (χ0n) is 19.4. The van der Waals surface area contributed by atoms with E-state index in [9.17, 15) is 14.0 Å². The standard InChI is InChI=1S/C25H24FN5O3S/c1-13-7-10-19(18(26)11-13)28-21-14(2)25(33)34-23-20(21)24(32)31(17-8-9-17)29-22(23)15-5-4-6-16(12-15)30-35-27-3/h4-7,10-12,17,27-28,30H,8-9H2,1-3H3. The van der Waals surface area contributed by atoms with Gasteiger partial charge in [-0.1, -0.05) is 18.2 Å². The van der Waals surface area contributed by atoms with Gasteiger partial charge in [0.05, 0.1) is 23.0 Å². The smallest absolute Gasteiger partial charge is 0.341 e. The molecule has 2 aromatic heterocycles. The minimum absolute atomic E-state index is 0.0250. The van der Waals surface area contributed by atoms with Gasteiger partial charge in [0.2, 0.25) is 0 Å². The highest BCUT2D eigenvalue weighted by Crippen LogP contribution is 2.37. The number of halogens is 1. The Morgan fingerprint density at radius 3 is 2.66 bits per heavy atom. The zero-order chi connectivity index (χ0) is 24.7. The predicted octanol–water partition coefficient (Wildman–Crippen LogP) is 5.05. The summed E-state index contributed by atoms with van der Waals surface area (Å²) in [5, 5.41) is 7.79. The highest BCUT2D eigenvalue weighted by Gasteiger charge is 2.30. The Labute approximate surface area is 204 Å². The Morgan fingerprint density at radius 1 is 1.14 bits per heavy atom. The van der Waals surface area contributed by atoms with Crippen molar-refractivity contribution in [2.75, 3.05) is 17.1 Å². The molecule has 1 aliphatic carbocycles. The molecule has 2 heterocycles. The molecule has 10 heteroatoms. The van der Waals surface area contributed by atoms with Crippen molar-refractivity contribution < 1.29 is 8.81 Å². The molecule has 0 atom stereocenters. The second-order valence-corrected chi connectivity index (χ2v) is 9.34. The molecular weight excluding hydrogens is 469 g/mol. The predicted molar refractivity (Wildman–Crippen MR) is 138 cm³/mol. The maximum Gasteiger partial charge on any atom is 0.341 e. The number of fused-ring (bicyclic) bond motifs is 1. The Morgan fingerprint density at radius 2 is 1.94 bits per heavy atom. The first-order chi connectivity index (χ1) is 16.9. The number of aromatic nitrogens is 2. The normalized spacial score (nSPS) is 13.3. The van der Waals surface area contributed by atoms with E-state index in [4.69, 9.17) is 4.42 Å². The summed E-state index contributed by atoms with van der Waals surface area (Å²) in [7, 11) is 1.80. The third kappa shape index (κ3) is 4.42.